The van der Waals surface area contributed by atoms with Crippen molar-refractivity contribution < 1.29 is 17.0 Å². The monoisotopic (exact) mass is 861 g/mol. The summed E-state index contributed by atoms with van der Waals surface area (Å²) in [6, 6.07) is 0.669. The van der Waals surface area contributed by atoms with Crippen molar-refractivity contribution in [3.63, 3.8) is 0 Å². The summed E-state index contributed by atoms with van der Waals surface area (Å²) in [5.41, 5.74) is 0. The van der Waals surface area contributed by atoms with Gasteiger partial charge in [0.15, 0.2) is 0 Å². The molecular formula is C57H113ClN2. The van der Waals surface area contributed by atoms with Gasteiger partial charge in [-0.1, -0.05) is 285 Å². The standard InChI is InChI=1S/C57H113N2.ClH/c1-8-10-12-14-16-18-20-22-24-26-28-30-32-34-36-38-45-56(46-39-37-35-33-31-29-27-25-23-21-19-17-15-13-11-9-2)47-40-41-48-57(59-52-51-58(7)55(59)6)50-49-54(5)44-42-43-53(3)4;/h51-54,56-57H,8-50H2,1-7H3;1H/q+1;/p-1. The van der Waals surface area contributed by atoms with Gasteiger partial charge in [-0.3, -0.25) is 0 Å². The minimum absolute atomic E-state index is 0. The second kappa shape index (κ2) is 45.1. The van der Waals surface area contributed by atoms with Gasteiger partial charge in [0.1, 0.15) is 18.4 Å². The minimum atomic E-state index is 0. The van der Waals surface area contributed by atoms with Crippen molar-refractivity contribution >= 4 is 0 Å². The number of imidazole rings is 1. The zero-order chi connectivity index (χ0) is 42.9. The van der Waals surface area contributed by atoms with E-state index in [4.69, 9.17) is 0 Å². The van der Waals surface area contributed by atoms with Gasteiger partial charge < -0.3 is 12.4 Å². The first-order chi connectivity index (χ1) is 28.9. The first-order valence-corrected chi connectivity index (χ1v) is 27.9. The first-order valence-electron chi connectivity index (χ1n) is 27.9. The molecule has 0 aliphatic carbocycles. The number of halogens is 1. The topological polar surface area (TPSA) is 8.81 Å². The molecule has 0 amide bonds. The van der Waals surface area contributed by atoms with Crippen molar-refractivity contribution in [2.45, 2.75) is 324 Å². The van der Waals surface area contributed by atoms with E-state index in [2.05, 4.69) is 70.1 Å². The normalized spacial score (nSPS) is 12.8. The van der Waals surface area contributed by atoms with E-state index in [1.807, 2.05) is 0 Å². The number of hydrogen-bond acceptors (Lipinski definition) is 0. The summed E-state index contributed by atoms with van der Waals surface area (Å²) in [6.07, 6.45) is 67.3. The molecule has 0 saturated carbocycles. The van der Waals surface area contributed by atoms with Crippen LogP contribution in [0.5, 0.6) is 0 Å². The molecule has 0 bridgehead atoms. The fraction of sp³-hybridized carbons (Fsp3) is 0.947. The number of aryl methyl sites for hydroxylation is 1. The van der Waals surface area contributed by atoms with Crippen LogP contribution in [0.4, 0.5) is 0 Å². The van der Waals surface area contributed by atoms with E-state index >= 15 is 0 Å². The van der Waals surface area contributed by atoms with Crippen molar-refractivity contribution in [1.29, 1.82) is 0 Å². The quantitative estimate of drug-likeness (QED) is 0.0456. The first kappa shape index (κ1) is 59.5. The largest absolute Gasteiger partial charge is 1.00 e. The maximum atomic E-state index is 2.63. The van der Waals surface area contributed by atoms with Gasteiger partial charge in [-0.05, 0) is 43.4 Å². The SMILES string of the molecule is CCCCCCCCCCCCCCCCCCC(CCCCCCCCCCCCCCCCCC)CCCCC(CCC(C)CCCC(C)C)n1cc[n+](C)c1C.[Cl-]. The smallest absolute Gasteiger partial charge is 0.253 e. The van der Waals surface area contributed by atoms with E-state index in [1.54, 1.807) is 0 Å². The summed E-state index contributed by atoms with van der Waals surface area (Å²) in [6.45, 7) is 14.2. The van der Waals surface area contributed by atoms with Gasteiger partial charge >= 0.3 is 0 Å². The van der Waals surface area contributed by atoms with Gasteiger partial charge in [0.2, 0.25) is 0 Å². The van der Waals surface area contributed by atoms with E-state index < -0.39 is 0 Å². The highest BCUT2D eigenvalue weighted by molar-refractivity contribution is 4.85. The summed E-state index contributed by atoms with van der Waals surface area (Å²) >= 11 is 0. The highest BCUT2D eigenvalue weighted by atomic mass is 35.5. The molecule has 0 radical (unpaired) electrons. The summed E-state index contributed by atoms with van der Waals surface area (Å²) in [7, 11) is 2.22. The van der Waals surface area contributed by atoms with Gasteiger partial charge in [-0.15, -0.1) is 0 Å². The molecule has 0 aliphatic rings. The van der Waals surface area contributed by atoms with Crippen molar-refractivity contribution in [3.05, 3.63) is 18.2 Å². The highest BCUT2D eigenvalue weighted by Crippen LogP contribution is 2.29. The predicted molar refractivity (Wildman–Crippen MR) is 267 cm³/mol. The Balaban J connectivity index is 0.0000348. The Labute approximate surface area is 386 Å². The molecule has 1 heterocycles. The van der Waals surface area contributed by atoms with Crippen LogP contribution in [0.3, 0.4) is 0 Å². The second-order valence-electron chi connectivity index (χ2n) is 20.9. The van der Waals surface area contributed by atoms with Crippen LogP contribution in [0, 0.1) is 24.7 Å². The number of nitrogens with zero attached hydrogens (tertiary/aromatic N) is 2. The number of hydrogen-bond donors (Lipinski definition) is 0. The van der Waals surface area contributed by atoms with E-state index in [0.717, 1.165) is 17.8 Å². The Hall–Kier alpha value is -0.500. The predicted octanol–water partition coefficient (Wildman–Crippen LogP) is 16.9. The summed E-state index contributed by atoms with van der Waals surface area (Å²) < 4.78 is 4.95. The van der Waals surface area contributed by atoms with Crippen LogP contribution in [0.2, 0.25) is 0 Å². The van der Waals surface area contributed by atoms with Crippen LogP contribution in [0.25, 0.3) is 0 Å². The Morgan fingerprint density at radius 2 is 0.733 bits per heavy atom. The fourth-order valence-corrected chi connectivity index (χ4v) is 10.1. The lowest BCUT2D eigenvalue weighted by atomic mass is 9.88. The Bertz CT molecular complexity index is 933. The molecule has 0 fully saturated rings. The highest BCUT2D eigenvalue weighted by Gasteiger charge is 2.21. The Morgan fingerprint density at radius 3 is 1.07 bits per heavy atom. The number of rotatable bonds is 47. The molecule has 3 heteroatoms. The number of aromatic nitrogens is 2. The summed E-state index contributed by atoms with van der Waals surface area (Å²) in [5, 5.41) is 0. The van der Waals surface area contributed by atoms with Gasteiger partial charge in [0, 0.05) is 6.92 Å². The van der Waals surface area contributed by atoms with Crippen molar-refractivity contribution in [1.82, 2.24) is 4.57 Å². The average molecular weight is 862 g/mol. The third-order valence-electron chi connectivity index (χ3n) is 14.5. The summed E-state index contributed by atoms with van der Waals surface area (Å²) in [4.78, 5) is 0. The lowest BCUT2D eigenvalue weighted by molar-refractivity contribution is -0.677. The lowest BCUT2D eigenvalue weighted by Crippen LogP contribution is -3.00. The van der Waals surface area contributed by atoms with E-state index in [1.165, 1.54) is 282 Å². The molecule has 60 heavy (non-hydrogen) atoms. The Morgan fingerprint density at radius 1 is 0.400 bits per heavy atom. The van der Waals surface area contributed by atoms with Crippen LogP contribution in [-0.4, -0.2) is 4.57 Å². The van der Waals surface area contributed by atoms with Crippen LogP contribution in [-0.2, 0) is 7.05 Å². The van der Waals surface area contributed by atoms with Crippen molar-refractivity contribution in [2.75, 3.05) is 0 Å². The molecule has 0 aromatic carbocycles. The summed E-state index contributed by atoms with van der Waals surface area (Å²) in [5.74, 6) is 4.09. The molecule has 1 aromatic rings. The second-order valence-corrected chi connectivity index (χ2v) is 20.9. The molecule has 2 unspecified atom stereocenters. The third-order valence-corrected chi connectivity index (χ3v) is 14.5. The third kappa shape index (κ3) is 36.9. The maximum Gasteiger partial charge on any atom is 0.253 e. The fourth-order valence-electron chi connectivity index (χ4n) is 10.1. The molecule has 2 atom stereocenters. The average Bonchev–Trinajstić information content (AvgIpc) is 3.56. The molecule has 1 rings (SSSR count). The zero-order valence-corrected chi connectivity index (χ0v) is 43.4. The molecule has 0 spiro atoms. The van der Waals surface area contributed by atoms with Gasteiger partial charge in [-0.2, -0.15) is 0 Å². The molecule has 0 aliphatic heterocycles. The van der Waals surface area contributed by atoms with E-state index in [0.29, 0.717) is 6.04 Å². The zero-order valence-electron chi connectivity index (χ0n) is 42.6. The van der Waals surface area contributed by atoms with Crippen molar-refractivity contribution in [2.24, 2.45) is 24.8 Å². The minimum Gasteiger partial charge on any atom is -1.00 e. The lowest BCUT2D eigenvalue weighted by Gasteiger charge is -2.20. The molecule has 0 N–H and O–H groups in total. The van der Waals surface area contributed by atoms with Gasteiger partial charge in [0.25, 0.3) is 5.82 Å². The van der Waals surface area contributed by atoms with Crippen molar-refractivity contribution in [3.8, 4) is 0 Å². The van der Waals surface area contributed by atoms with E-state index in [9.17, 15) is 0 Å². The molecule has 0 saturated heterocycles. The molecular weight excluding hydrogens is 748 g/mol. The van der Waals surface area contributed by atoms with E-state index in [-0.39, 0.29) is 12.4 Å². The molecule has 358 valence electrons. The van der Waals surface area contributed by atoms with Gasteiger partial charge in [0.05, 0.1) is 7.05 Å². The van der Waals surface area contributed by atoms with Crippen LogP contribution < -0.4 is 17.0 Å². The van der Waals surface area contributed by atoms with Crippen LogP contribution in [0.15, 0.2) is 12.4 Å². The maximum absolute atomic E-state index is 2.63. The Kier molecular flexibility index (Phi) is 44.7. The molecule has 2 nitrogen and oxygen atoms in total. The molecule has 1 aromatic heterocycles. The number of unbranched alkanes of at least 4 members (excludes halogenated alkanes) is 31. The van der Waals surface area contributed by atoms with Crippen LogP contribution >= 0.6 is 0 Å². The van der Waals surface area contributed by atoms with Gasteiger partial charge in [-0.25, -0.2) is 9.13 Å². The van der Waals surface area contributed by atoms with Crippen LogP contribution in [0.1, 0.15) is 323 Å².